The minimum atomic E-state index is 0.362. The molecule has 17 heavy (non-hydrogen) atoms. The molecule has 0 fully saturated rings. The minimum absolute atomic E-state index is 0.362. The molecule has 0 aliphatic heterocycles. The van der Waals surface area contributed by atoms with Crippen molar-refractivity contribution in [3.8, 4) is 5.75 Å². The number of hydrogen-bond acceptors (Lipinski definition) is 6. The van der Waals surface area contributed by atoms with Crippen LogP contribution in [0.5, 0.6) is 5.75 Å². The highest BCUT2D eigenvalue weighted by Gasteiger charge is 2.04. The fourth-order valence-electron chi connectivity index (χ4n) is 1.22. The van der Waals surface area contributed by atoms with Crippen LogP contribution in [0.4, 0.5) is 5.13 Å². The molecule has 0 bridgehead atoms. The average molecular weight is 271 g/mol. The number of nitrogens with two attached hydrogens (primary N) is 1. The van der Waals surface area contributed by atoms with E-state index in [0.717, 1.165) is 21.3 Å². The van der Waals surface area contributed by atoms with Crippen molar-refractivity contribution in [2.75, 3.05) is 5.43 Å². The zero-order chi connectivity index (χ0) is 12.3. The average Bonchev–Trinajstić information content (AvgIpc) is 2.79. The molecule has 0 radical (unpaired) electrons. The first-order valence-corrected chi connectivity index (χ1v) is 6.06. The van der Waals surface area contributed by atoms with Gasteiger partial charge in [-0.15, -0.1) is 10.2 Å². The predicted molar refractivity (Wildman–Crippen MR) is 68.2 cm³/mol. The van der Waals surface area contributed by atoms with E-state index in [1.165, 1.54) is 11.3 Å². The molecule has 1 aromatic heterocycles. The van der Waals surface area contributed by atoms with E-state index in [-0.39, 0.29) is 0 Å². The second-order valence-corrected chi connectivity index (χ2v) is 4.81. The Hall–Kier alpha value is -1.37. The molecule has 7 heteroatoms. The van der Waals surface area contributed by atoms with Crippen molar-refractivity contribution in [1.29, 1.82) is 0 Å². The number of nitrogens with one attached hydrogen (secondary N) is 1. The lowest BCUT2D eigenvalue weighted by atomic mass is 10.2. The number of aromatic nitrogens is 2. The highest BCUT2D eigenvalue weighted by atomic mass is 35.5. The number of hydrazine groups is 1. The van der Waals surface area contributed by atoms with Crippen molar-refractivity contribution in [1.82, 2.24) is 10.2 Å². The number of nitrogen functional groups attached to an aromatic ring is 1. The monoisotopic (exact) mass is 270 g/mol. The van der Waals surface area contributed by atoms with E-state index in [0.29, 0.717) is 11.7 Å². The van der Waals surface area contributed by atoms with Crippen LogP contribution in [0.3, 0.4) is 0 Å². The van der Waals surface area contributed by atoms with Gasteiger partial charge in [0.25, 0.3) is 0 Å². The van der Waals surface area contributed by atoms with Crippen molar-refractivity contribution in [2.24, 2.45) is 5.84 Å². The molecule has 0 aliphatic carbocycles. The van der Waals surface area contributed by atoms with Gasteiger partial charge in [-0.05, 0) is 30.7 Å². The minimum Gasteiger partial charge on any atom is -0.486 e. The summed E-state index contributed by atoms with van der Waals surface area (Å²) in [5.74, 6) is 5.96. The number of hydrogen-bond donors (Lipinski definition) is 2. The summed E-state index contributed by atoms with van der Waals surface area (Å²) in [5.41, 5.74) is 3.41. The molecule has 0 aliphatic rings. The van der Waals surface area contributed by atoms with Crippen LogP contribution in [0, 0.1) is 6.92 Å². The largest absolute Gasteiger partial charge is 0.486 e. The standard InChI is InChI=1S/C10H11ClN4OS/c1-6-4-7(2-3-8(6)11)16-5-9-14-15-10(13-12)17-9/h2-4H,5,12H2,1H3,(H,13,15). The van der Waals surface area contributed by atoms with Gasteiger partial charge in [-0.1, -0.05) is 22.9 Å². The molecule has 5 nitrogen and oxygen atoms in total. The van der Waals surface area contributed by atoms with Crippen molar-refractivity contribution < 1.29 is 4.74 Å². The van der Waals surface area contributed by atoms with Gasteiger partial charge in [0.2, 0.25) is 5.13 Å². The van der Waals surface area contributed by atoms with E-state index >= 15 is 0 Å². The van der Waals surface area contributed by atoms with Crippen molar-refractivity contribution in [3.05, 3.63) is 33.8 Å². The molecule has 0 saturated heterocycles. The maximum Gasteiger partial charge on any atom is 0.219 e. The van der Waals surface area contributed by atoms with Gasteiger partial charge in [0.05, 0.1) is 0 Å². The Balaban J connectivity index is 1.99. The lowest BCUT2D eigenvalue weighted by molar-refractivity contribution is 0.304. The first-order chi connectivity index (χ1) is 8.19. The van der Waals surface area contributed by atoms with Crippen molar-refractivity contribution in [3.63, 3.8) is 0 Å². The number of aryl methyl sites for hydroxylation is 1. The first-order valence-electron chi connectivity index (χ1n) is 4.87. The third kappa shape index (κ3) is 3.06. The van der Waals surface area contributed by atoms with Gasteiger partial charge < -0.3 is 4.74 Å². The van der Waals surface area contributed by atoms with E-state index in [9.17, 15) is 0 Å². The van der Waals surface area contributed by atoms with Crippen LogP contribution < -0.4 is 16.0 Å². The summed E-state index contributed by atoms with van der Waals surface area (Å²) in [6.45, 7) is 2.29. The Morgan fingerprint density at radius 3 is 2.94 bits per heavy atom. The molecular weight excluding hydrogens is 260 g/mol. The quantitative estimate of drug-likeness (QED) is 0.659. The second-order valence-electron chi connectivity index (χ2n) is 3.34. The molecule has 2 rings (SSSR count). The molecule has 1 heterocycles. The molecule has 0 amide bonds. The Labute approximate surface area is 108 Å². The zero-order valence-corrected chi connectivity index (χ0v) is 10.7. The maximum absolute atomic E-state index is 5.92. The fraction of sp³-hybridized carbons (Fsp3) is 0.200. The van der Waals surface area contributed by atoms with E-state index in [1.54, 1.807) is 6.07 Å². The number of ether oxygens (including phenoxy) is 1. The normalized spacial score (nSPS) is 10.3. The number of nitrogens with zero attached hydrogens (tertiary/aromatic N) is 2. The van der Waals surface area contributed by atoms with E-state index in [1.807, 2.05) is 19.1 Å². The van der Waals surface area contributed by atoms with Gasteiger partial charge in [-0.3, -0.25) is 5.43 Å². The lowest BCUT2D eigenvalue weighted by Gasteiger charge is -2.05. The first kappa shape index (κ1) is 12.1. The third-order valence-electron chi connectivity index (χ3n) is 2.08. The van der Waals surface area contributed by atoms with Crippen molar-refractivity contribution in [2.45, 2.75) is 13.5 Å². The lowest BCUT2D eigenvalue weighted by Crippen LogP contribution is -2.05. The van der Waals surface area contributed by atoms with Crippen LogP contribution >= 0.6 is 22.9 Å². The van der Waals surface area contributed by atoms with E-state index < -0.39 is 0 Å². The third-order valence-corrected chi connectivity index (χ3v) is 3.33. The smallest absolute Gasteiger partial charge is 0.219 e. The van der Waals surface area contributed by atoms with Gasteiger partial charge in [0, 0.05) is 5.02 Å². The Bertz CT molecular complexity index is 517. The number of anilines is 1. The van der Waals surface area contributed by atoms with Crippen LogP contribution in [-0.2, 0) is 6.61 Å². The number of rotatable bonds is 4. The summed E-state index contributed by atoms with van der Waals surface area (Å²) in [5, 5.41) is 9.77. The van der Waals surface area contributed by atoms with Crippen LogP contribution in [0.25, 0.3) is 0 Å². The van der Waals surface area contributed by atoms with Crippen LogP contribution in [0.15, 0.2) is 18.2 Å². The molecule has 90 valence electrons. The Kier molecular flexibility index (Phi) is 3.78. The highest BCUT2D eigenvalue weighted by molar-refractivity contribution is 7.15. The summed E-state index contributed by atoms with van der Waals surface area (Å²) in [6, 6.07) is 5.50. The molecular formula is C10H11ClN4OS. The maximum atomic E-state index is 5.92. The molecule has 1 aromatic carbocycles. The molecule has 3 N–H and O–H groups in total. The van der Waals surface area contributed by atoms with Crippen LogP contribution in [0.2, 0.25) is 5.02 Å². The number of halogens is 1. The van der Waals surface area contributed by atoms with Crippen LogP contribution in [-0.4, -0.2) is 10.2 Å². The van der Waals surface area contributed by atoms with E-state index in [2.05, 4.69) is 15.6 Å². The Morgan fingerprint density at radius 2 is 2.29 bits per heavy atom. The van der Waals surface area contributed by atoms with Gasteiger partial charge in [-0.2, -0.15) is 0 Å². The summed E-state index contributed by atoms with van der Waals surface area (Å²) < 4.78 is 5.57. The summed E-state index contributed by atoms with van der Waals surface area (Å²) in [6.07, 6.45) is 0. The molecule has 0 atom stereocenters. The van der Waals surface area contributed by atoms with Gasteiger partial charge in [-0.25, -0.2) is 5.84 Å². The summed E-state index contributed by atoms with van der Waals surface area (Å²) >= 11 is 7.27. The van der Waals surface area contributed by atoms with Crippen LogP contribution in [0.1, 0.15) is 10.6 Å². The predicted octanol–water partition coefficient (Wildman–Crippen LogP) is 2.36. The molecule has 0 unspecified atom stereocenters. The van der Waals surface area contributed by atoms with Gasteiger partial charge in [0.1, 0.15) is 12.4 Å². The highest BCUT2D eigenvalue weighted by Crippen LogP contribution is 2.22. The topological polar surface area (TPSA) is 73.1 Å². The second kappa shape index (κ2) is 5.31. The SMILES string of the molecule is Cc1cc(OCc2nnc(NN)s2)ccc1Cl. The van der Waals surface area contributed by atoms with Gasteiger partial charge >= 0.3 is 0 Å². The van der Waals surface area contributed by atoms with Crippen molar-refractivity contribution >= 4 is 28.1 Å². The fourth-order valence-corrected chi connectivity index (χ4v) is 1.90. The molecule has 0 spiro atoms. The summed E-state index contributed by atoms with van der Waals surface area (Å²) in [7, 11) is 0. The molecule has 0 saturated carbocycles. The van der Waals surface area contributed by atoms with Gasteiger partial charge in [0.15, 0.2) is 5.01 Å². The summed E-state index contributed by atoms with van der Waals surface area (Å²) in [4.78, 5) is 0. The Morgan fingerprint density at radius 1 is 1.47 bits per heavy atom. The molecule has 2 aromatic rings. The van der Waals surface area contributed by atoms with E-state index in [4.69, 9.17) is 22.2 Å². The number of benzene rings is 1. The zero-order valence-electron chi connectivity index (χ0n) is 9.11.